The number of hydrogen-bond donors (Lipinski definition) is 3. The van der Waals surface area contributed by atoms with E-state index in [2.05, 4.69) is 25.6 Å². The molecule has 3 rings (SSSR count). The number of carbonyl (C=O) groups is 1. The van der Waals surface area contributed by atoms with Gasteiger partial charge < -0.3 is 21.3 Å². The molecule has 2 aromatic carbocycles. The minimum Gasteiger partial charge on any atom is -0.353 e. The van der Waals surface area contributed by atoms with Crippen LogP contribution in [0.3, 0.4) is 0 Å². The number of nitrogens with one attached hydrogen (secondary N) is 2. The first kappa shape index (κ1) is 27.1. The second-order valence-electron chi connectivity index (χ2n) is 7.65. The zero-order valence-corrected chi connectivity index (χ0v) is 21.3. The number of para-hydroxylation sites is 1. The van der Waals surface area contributed by atoms with Crippen LogP contribution in [-0.4, -0.2) is 56.9 Å². The average Bonchev–Trinajstić information content (AvgIpc) is 2.86. The molecule has 0 saturated heterocycles. The van der Waals surface area contributed by atoms with Crippen molar-refractivity contribution in [3.63, 3.8) is 0 Å². The van der Waals surface area contributed by atoms with Crippen LogP contribution in [0.25, 0.3) is 0 Å². The summed E-state index contributed by atoms with van der Waals surface area (Å²) in [4.78, 5) is 37.9. The van der Waals surface area contributed by atoms with E-state index in [1.54, 1.807) is 18.2 Å². The van der Waals surface area contributed by atoms with Crippen LogP contribution in [0.1, 0.15) is 18.1 Å². The van der Waals surface area contributed by atoms with E-state index in [0.717, 1.165) is 5.56 Å². The molecule has 11 nitrogen and oxygen atoms in total. The molecule has 1 heterocycles. The third-order valence-corrected chi connectivity index (χ3v) is 6.15. The zero-order chi connectivity index (χ0) is 25.9. The number of rotatable bonds is 13. The van der Waals surface area contributed by atoms with E-state index in [4.69, 9.17) is 17.3 Å². The summed E-state index contributed by atoms with van der Waals surface area (Å²) in [7, 11) is 0. The number of hydrogen-bond acceptors (Lipinski definition) is 10. The molecule has 1 aromatic heterocycles. The van der Waals surface area contributed by atoms with E-state index < -0.39 is 4.92 Å². The lowest BCUT2D eigenvalue weighted by molar-refractivity contribution is -0.385. The topological polar surface area (TPSA) is 152 Å². The monoisotopic (exact) mass is 530 g/mol. The number of halogens is 1. The predicted octanol–water partition coefficient (Wildman–Crippen LogP) is 3.56. The molecule has 36 heavy (non-hydrogen) atoms. The fraction of sp³-hybridized carbons (Fsp3) is 0.304. The lowest BCUT2D eigenvalue weighted by Gasteiger charge is -2.21. The number of nitro groups is 1. The standard InChI is InChI=1S/C23H27ClN8O3S/c1-16(33)31(14-18-4-2-3-5-20(18)32(34)35)13-12-27-22-28-21(26-11-10-25)29-23(30-22)36-15-17-6-8-19(24)9-7-17/h2-9H,10-15,25H2,1H3,(H2,26,27,28,29,30). The van der Waals surface area contributed by atoms with Crippen molar-refractivity contribution in [3.8, 4) is 0 Å². The van der Waals surface area contributed by atoms with Crippen molar-refractivity contribution in [3.05, 3.63) is 74.8 Å². The highest BCUT2D eigenvalue weighted by Gasteiger charge is 2.17. The molecular formula is C23H27ClN8O3S. The van der Waals surface area contributed by atoms with Gasteiger partial charge in [-0.05, 0) is 17.7 Å². The highest BCUT2D eigenvalue weighted by Crippen LogP contribution is 2.23. The third kappa shape index (κ3) is 8.33. The summed E-state index contributed by atoms with van der Waals surface area (Å²) in [5.74, 6) is 1.18. The fourth-order valence-corrected chi connectivity index (χ4v) is 4.09. The van der Waals surface area contributed by atoms with Gasteiger partial charge in [-0.15, -0.1) is 0 Å². The summed E-state index contributed by atoms with van der Waals surface area (Å²) in [5.41, 5.74) is 7.10. The molecule has 190 valence electrons. The van der Waals surface area contributed by atoms with Crippen LogP contribution >= 0.6 is 23.4 Å². The van der Waals surface area contributed by atoms with Crippen molar-refractivity contribution in [2.75, 3.05) is 36.8 Å². The molecule has 0 saturated carbocycles. The number of amides is 1. The molecule has 0 aliphatic carbocycles. The third-order valence-electron chi connectivity index (χ3n) is 4.98. The van der Waals surface area contributed by atoms with Gasteiger partial charge in [0.05, 0.1) is 11.5 Å². The van der Waals surface area contributed by atoms with E-state index in [9.17, 15) is 14.9 Å². The maximum absolute atomic E-state index is 12.2. The Kier molecular flexibility index (Phi) is 10.2. The Bertz CT molecular complexity index is 1180. The van der Waals surface area contributed by atoms with Crippen LogP contribution in [0.15, 0.2) is 53.7 Å². The summed E-state index contributed by atoms with van der Waals surface area (Å²) in [6.45, 7) is 3.10. The molecule has 0 spiro atoms. The Balaban J connectivity index is 1.66. The molecule has 13 heteroatoms. The molecule has 0 aliphatic heterocycles. The van der Waals surface area contributed by atoms with Crippen LogP contribution in [0.5, 0.6) is 0 Å². The normalized spacial score (nSPS) is 10.6. The van der Waals surface area contributed by atoms with E-state index in [-0.39, 0.29) is 18.1 Å². The van der Waals surface area contributed by atoms with Crippen molar-refractivity contribution in [1.82, 2.24) is 19.9 Å². The van der Waals surface area contributed by atoms with Gasteiger partial charge in [0.1, 0.15) is 0 Å². The summed E-state index contributed by atoms with van der Waals surface area (Å²) < 4.78 is 0. The Labute approximate surface area is 218 Å². The van der Waals surface area contributed by atoms with Gasteiger partial charge in [-0.1, -0.05) is 53.7 Å². The van der Waals surface area contributed by atoms with Crippen LogP contribution in [0.4, 0.5) is 17.6 Å². The molecule has 0 fully saturated rings. The highest BCUT2D eigenvalue weighted by molar-refractivity contribution is 7.98. The quantitative estimate of drug-likeness (QED) is 0.170. The lowest BCUT2D eigenvalue weighted by atomic mass is 10.1. The van der Waals surface area contributed by atoms with Crippen molar-refractivity contribution in [2.24, 2.45) is 5.73 Å². The first-order chi connectivity index (χ1) is 17.4. The van der Waals surface area contributed by atoms with Crippen LogP contribution in [-0.2, 0) is 17.1 Å². The largest absolute Gasteiger partial charge is 0.353 e. The Hall–Kier alpha value is -3.48. The number of nitrogens with zero attached hydrogens (tertiary/aromatic N) is 5. The molecule has 0 radical (unpaired) electrons. The number of anilines is 2. The van der Waals surface area contributed by atoms with Gasteiger partial charge in [-0.3, -0.25) is 14.9 Å². The Morgan fingerprint density at radius 1 is 1.08 bits per heavy atom. The van der Waals surface area contributed by atoms with Gasteiger partial charge in [0.25, 0.3) is 5.69 Å². The summed E-state index contributed by atoms with van der Waals surface area (Å²) in [6.07, 6.45) is 0. The number of benzene rings is 2. The molecule has 3 aromatic rings. The van der Waals surface area contributed by atoms with E-state index in [1.165, 1.54) is 29.7 Å². The first-order valence-corrected chi connectivity index (χ1v) is 12.5. The average molecular weight is 531 g/mol. The summed E-state index contributed by atoms with van der Waals surface area (Å²) >= 11 is 7.40. The molecule has 1 amide bonds. The lowest BCUT2D eigenvalue weighted by Crippen LogP contribution is -2.33. The van der Waals surface area contributed by atoms with E-state index >= 15 is 0 Å². The van der Waals surface area contributed by atoms with Crippen molar-refractivity contribution in [2.45, 2.75) is 24.4 Å². The Morgan fingerprint density at radius 3 is 2.39 bits per heavy atom. The Morgan fingerprint density at radius 2 is 1.75 bits per heavy atom. The molecule has 0 unspecified atom stereocenters. The van der Waals surface area contributed by atoms with Crippen molar-refractivity contribution in [1.29, 1.82) is 0 Å². The van der Waals surface area contributed by atoms with Gasteiger partial charge >= 0.3 is 0 Å². The van der Waals surface area contributed by atoms with Gasteiger partial charge in [-0.25, -0.2) is 0 Å². The van der Waals surface area contributed by atoms with Crippen LogP contribution in [0, 0.1) is 10.1 Å². The molecule has 0 bridgehead atoms. The van der Waals surface area contributed by atoms with E-state index in [0.29, 0.717) is 59.6 Å². The second kappa shape index (κ2) is 13.6. The number of thioether (sulfide) groups is 1. The van der Waals surface area contributed by atoms with Gasteiger partial charge in [0, 0.05) is 55.5 Å². The fourth-order valence-electron chi connectivity index (χ4n) is 3.17. The zero-order valence-electron chi connectivity index (χ0n) is 19.7. The van der Waals surface area contributed by atoms with Crippen LogP contribution in [0.2, 0.25) is 5.02 Å². The van der Waals surface area contributed by atoms with Gasteiger partial charge in [0.2, 0.25) is 17.8 Å². The minimum atomic E-state index is -0.449. The number of nitro benzene ring substituents is 1. The maximum atomic E-state index is 12.2. The SMILES string of the molecule is CC(=O)N(CCNc1nc(NCCN)nc(SCc2ccc(Cl)cc2)n1)Cc1ccccc1[N+](=O)[O-]. The first-order valence-electron chi connectivity index (χ1n) is 11.1. The summed E-state index contributed by atoms with van der Waals surface area (Å²) in [5, 5.41) is 18.7. The maximum Gasteiger partial charge on any atom is 0.274 e. The smallest absolute Gasteiger partial charge is 0.274 e. The second-order valence-corrected chi connectivity index (χ2v) is 9.03. The van der Waals surface area contributed by atoms with E-state index in [1.807, 2.05) is 24.3 Å². The molecular weight excluding hydrogens is 504 g/mol. The van der Waals surface area contributed by atoms with Crippen LogP contribution < -0.4 is 16.4 Å². The number of aromatic nitrogens is 3. The molecule has 0 aliphatic rings. The van der Waals surface area contributed by atoms with Crippen molar-refractivity contribution >= 4 is 46.9 Å². The molecule has 0 atom stereocenters. The molecule has 4 N–H and O–H groups in total. The highest BCUT2D eigenvalue weighted by atomic mass is 35.5. The van der Waals surface area contributed by atoms with Gasteiger partial charge in [0.15, 0.2) is 5.16 Å². The minimum absolute atomic E-state index is 0.0212. The summed E-state index contributed by atoms with van der Waals surface area (Å²) in [6, 6.07) is 13.9. The number of nitrogens with two attached hydrogens (primary N) is 1. The van der Waals surface area contributed by atoms with Crippen molar-refractivity contribution < 1.29 is 9.72 Å². The number of carbonyl (C=O) groups excluding carboxylic acids is 1. The van der Waals surface area contributed by atoms with Gasteiger partial charge in [-0.2, -0.15) is 15.0 Å². The predicted molar refractivity (Wildman–Crippen MR) is 141 cm³/mol.